The second-order valence-corrected chi connectivity index (χ2v) is 1.12. The van der Waals surface area contributed by atoms with Crippen LogP contribution in [-0.2, 0) is 0 Å². The summed E-state index contributed by atoms with van der Waals surface area (Å²) in [6.07, 6.45) is 3.00. The van der Waals surface area contributed by atoms with Crippen LogP contribution in [0.25, 0.3) is 0 Å². The fourth-order valence-corrected chi connectivity index (χ4v) is 0.331. The zero-order chi connectivity index (χ0) is 4.41. The third kappa shape index (κ3) is 0.407. The van der Waals surface area contributed by atoms with Gasteiger partial charge in [0.2, 0.25) is 0 Å². The number of hydrogen-bond donors (Lipinski definition) is 0. The molecule has 1 heterocycles. The van der Waals surface area contributed by atoms with Gasteiger partial charge in [0.05, 0.1) is 0 Å². The number of allylic oxidation sites excluding steroid dienone is 1. The first-order valence-electron chi connectivity index (χ1n) is 1.75. The number of nitrogens with zero attached hydrogens (tertiary/aromatic N) is 1. The second kappa shape index (κ2) is 1.12. The van der Waals surface area contributed by atoms with E-state index in [0.717, 1.165) is 0 Å². The lowest BCUT2D eigenvalue weighted by Crippen LogP contribution is -2.02. The van der Waals surface area contributed by atoms with E-state index in [9.17, 15) is 5.11 Å². The highest BCUT2D eigenvalue weighted by molar-refractivity contribution is 5.74. The molecular formula is C4H4NO-. The lowest BCUT2D eigenvalue weighted by atomic mass is 10.5. The van der Waals surface area contributed by atoms with Crippen LogP contribution in [0.4, 0.5) is 0 Å². The van der Waals surface area contributed by atoms with Crippen LogP contribution in [0.15, 0.2) is 16.8 Å². The highest BCUT2D eigenvalue weighted by Crippen LogP contribution is 1.87. The summed E-state index contributed by atoms with van der Waals surface area (Å²) in [6, 6.07) is 0. The molecule has 0 amide bonds. The van der Waals surface area contributed by atoms with Gasteiger partial charge in [0, 0.05) is 12.8 Å². The molecule has 6 heavy (non-hydrogen) atoms. The fraction of sp³-hybridized carbons (Fsp3) is 0.250. The predicted molar refractivity (Wildman–Crippen MR) is 21.4 cm³/mol. The molecule has 0 aromatic carbocycles. The molecule has 0 fully saturated rings. The van der Waals surface area contributed by atoms with E-state index in [2.05, 4.69) is 4.99 Å². The summed E-state index contributed by atoms with van der Waals surface area (Å²) in [5.41, 5.74) is 0. The summed E-state index contributed by atoms with van der Waals surface area (Å²) < 4.78 is 0. The molecule has 1 rings (SSSR count). The molecule has 0 unspecified atom stereocenters. The molecule has 1 aliphatic rings. The lowest BCUT2D eigenvalue weighted by molar-refractivity contribution is -0.302. The van der Waals surface area contributed by atoms with E-state index in [0.29, 0.717) is 6.54 Å². The van der Waals surface area contributed by atoms with Crippen molar-refractivity contribution in [1.82, 2.24) is 0 Å². The topological polar surface area (TPSA) is 35.4 Å². The Kier molecular flexibility index (Phi) is 0.638. The van der Waals surface area contributed by atoms with Crippen molar-refractivity contribution in [3.8, 4) is 0 Å². The van der Waals surface area contributed by atoms with E-state index in [4.69, 9.17) is 0 Å². The molecule has 32 valence electrons. The van der Waals surface area contributed by atoms with Crippen molar-refractivity contribution in [2.24, 2.45) is 4.99 Å². The van der Waals surface area contributed by atoms with Crippen molar-refractivity contribution in [3.05, 3.63) is 11.8 Å². The maximum absolute atomic E-state index is 10.1. The van der Waals surface area contributed by atoms with E-state index in [1.54, 1.807) is 0 Å². The zero-order valence-electron chi connectivity index (χ0n) is 3.22. The Bertz CT molecular complexity index is 104. The summed E-state index contributed by atoms with van der Waals surface area (Å²) in [5, 5.41) is 10.1. The summed E-state index contributed by atoms with van der Waals surface area (Å²) >= 11 is 0. The average molecular weight is 82.1 g/mol. The van der Waals surface area contributed by atoms with Gasteiger partial charge in [-0.15, -0.1) is 5.76 Å². The molecule has 0 aromatic rings. The van der Waals surface area contributed by atoms with Crippen LogP contribution in [-0.4, -0.2) is 12.8 Å². The summed E-state index contributed by atoms with van der Waals surface area (Å²) in [7, 11) is 0. The molecule has 0 aliphatic carbocycles. The number of rotatable bonds is 0. The SMILES string of the molecule is [O-]C1=CC=NC1. The Labute approximate surface area is 35.8 Å². The first-order chi connectivity index (χ1) is 2.89. The molecule has 0 N–H and O–H groups in total. The van der Waals surface area contributed by atoms with Crippen LogP contribution >= 0.6 is 0 Å². The van der Waals surface area contributed by atoms with E-state index in [-0.39, 0.29) is 5.76 Å². The van der Waals surface area contributed by atoms with Crippen LogP contribution in [0, 0.1) is 0 Å². The third-order valence-corrected chi connectivity index (χ3v) is 0.613. The van der Waals surface area contributed by atoms with Gasteiger partial charge in [-0.25, -0.2) is 0 Å². The standard InChI is InChI=1S/C4H5NO/c6-4-1-2-5-3-4/h1-2,6H,3H2/p-1. The van der Waals surface area contributed by atoms with Gasteiger partial charge in [-0.3, -0.25) is 4.99 Å². The summed E-state index contributed by atoms with van der Waals surface area (Å²) in [6.45, 7) is 0.361. The Morgan fingerprint density at radius 2 is 2.67 bits per heavy atom. The number of aliphatic imine (C=N–C) groups is 1. The van der Waals surface area contributed by atoms with E-state index in [1.807, 2.05) is 0 Å². The second-order valence-electron chi connectivity index (χ2n) is 1.12. The molecule has 2 nitrogen and oxygen atoms in total. The molecule has 1 aliphatic heterocycles. The minimum Gasteiger partial charge on any atom is -0.874 e. The zero-order valence-corrected chi connectivity index (χ0v) is 3.22. The Balaban J connectivity index is 2.61. The molecule has 0 spiro atoms. The van der Waals surface area contributed by atoms with Crippen molar-refractivity contribution < 1.29 is 5.11 Å². The van der Waals surface area contributed by atoms with Gasteiger partial charge in [0.15, 0.2) is 0 Å². The smallest absolute Gasteiger partial charge is 0.0500 e. The van der Waals surface area contributed by atoms with Crippen LogP contribution < -0.4 is 5.11 Å². The molecule has 0 aromatic heterocycles. The quantitative estimate of drug-likeness (QED) is 0.381. The Morgan fingerprint density at radius 3 is 2.83 bits per heavy atom. The van der Waals surface area contributed by atoms with Crippen molar-refractivity contribution in [3.63, 3.8) is 0 Å². The van der Waals surface area contributed by atoms with E-state index in [1.165, 1.54) is 12.3 Å². The fourth-order valence-electron chi connectivity index (χ4n) is 0.331. The monoisotopic (exact) mass is 82.0 g/mol. The predicted octanol–water partition coefficient (Wildman–Crippen LogP) is -0.685. The Morgan fingerprint density at radius 1 is 1.83 bits per heavy atom. The first kappa shape index (κ1) is 3.40. The minimum atomic E-state index is 0.106. The van der Waals surface area contributed by atoms with Crippen molar-refractivity contribution in [2.45, 2.75) is 0 Å². The first-order valence-corrected chi connectivity index (χ1v) is 1.75. The molecular weight excluding hydrogens is 78.0 g/mol. The average Bonchev–Trinajstić information content (AvgIpc) is 1.86. The van der Waals surface area contributed by atoms with Gasteiger partial charge >= 0.3 is 0 Å². The molecule has 2 heteroatoms. The van der Waals surface area contributed by atoms with Crippen molar-refractivity contribution >= 4 is 6.21 Å². The minimum absolute atomic E-state index is 0.106. The van der Waals surface area contributed by atoms with Crippen molar-refractivity contribution in [2.75, 3.05) is 6.54 Å². The Hall–Kier alpha value is -0.790. The van der Waals surface area contributed by atoms with Crippen LogP contribution in [0.1, 0.15) is 0 Å². The van der Waals surface area contributed by atoms with Crippen molar-refractivity contribution in [1.29, 1.82) is 0 Å². The largest absolute Gasteiger partial charge is 0.874 e. The van der Waals surface area contributed by atoms with Gasteiger partial charge < -0.3 is 5.11 Å². The lowest BCUT2D eigenvalue weighted by Gasteiger charge is -1.98. The molecule has 0 bridgehead atoms. The highest BCUT2D eigenvalue weighted by atomic mass is 16.3. The normalized spacial score (nSPS) is 18.3. The molecule has 0 radical (unpaired) electrons. The molecule has 0 atom stereocenters. The highest BCUT2D eigenvalue weighted by Gasteiger charge is 1.80. The van der Waals surface area contributed by atoms with Gasteiger partial charge in [-0.2, -0.15) is 0 Å². The van der Waals surface area contributed by atoms with E-state index < -0.39 is 0 Å². The number of hydrogen-bond acceptors (Lipinski definition) is 2. The van der Waals surface area contributed by atoms with Gasteiger partial charge in [-0.05, 0) is 0 Å². The van der Waals surface area contributed by atoms with Crippen LogP contribution in [0.5, 0.6) is 0 Å². The molecule has 0 saturated heterocycles. The maximum atomic E-state index is 10.1. The van der Waals surface area contributed by atoms with E-state index >= 15 is 0 Å². The van der Waals surface area contributed by atoms with Gasteiger partial charge in [-0.1, -0.05) is 6.08 Å². The maximum Gasteiger partial charge on any atom is 0.0500 e. The van der Waals surface area contributed by atoms with Gasteiger partial charge in [0.1, 0.15) is 0 Å². The van der Waals surface area contributed by atoms with Crippen LogP contribution in [0.3, 0.4) is 0 Å². The molecule has 0 saturated carbocycles. The summed E-state index contributed by atoms with van der Waals surface area (Å²) in [4.78, 5) is 3.63. The summed E-state index contributed by atoms with van der Waals surface area (Å²) in [5.74, 6) is 0.106. The third-order valence-electron chi connectivity index (χ3n) is 0.613. The van der Waals surface area contributed by atoms with Crippen LogP contribution in [0.2, 0.25) is 0 Å². The van der Waals surface area contributed by atoms with Gasteiger partial charge in [0.25, 0.3) is 0 Å².